The van der Waals surface area contributed by atoms with E-state index in [9.17, 15) is 4.79 Å². The van der Waals surface area contributed by atoms with Gasteiger partial charge < -0.3 is 15.2 Å². The molecule has 3 rings (SSSR count). The van der Waals surface area contributed by atoms with Crippen LogP contribution in [0, 0.1) is 6.92 Å². The zero-order chi connectivity index (χ0) is 21.7. The van der Waals surface area contributed by atoms with E-state index in [1.807, 2.05) is 50.7 Å². The van der Waals surface area contributed by atoms with Crippen molar-refractivity contribution in [3.8, 4) is 11.1 Å². The fourth-order valence-corrected chi connectivity index (χ4v) is 3.26. The molecule has 0 spiro atoms. The quantitative estimate of drug-likeness (QED) is 0.570. The Hall–Kier alpha value is -2.93. The molecule has 0 bridgehead atoms. The summed E-state index contributed by atoms with van der Waals surface area (Å²) in [5.74, 6) is 0. The molecule has 7 heteroatoms. The molecule has 30 heavy (non-hydrogen) atoms. The first-order valence-electron chi connectivity index (χ1n) is 10.3. The summed E-state index contributed by atoms with van der Waals surface area (Å²) in [6.07, 6.45) is 5.00. The van der Waals surface area contributed by atoms with Gasteiger partial charge in [-0.05, 0) is 68.9 Å². The molecular weight excluding hydrogens is 380 g/mol. The van der Waals surface area contributed by atoms with Crippen molar-refractivity contribution in [3.05, 3.63) is 47.8 Å². The minimum Gasteiger partial charge on any atom is -0.444 e. The molecular formula is C23H30N4O3. The number of benzene rings is 1. The number of hydrogen-bond acceptors (Lipinski definition) is 5. The van der Waals surface area contributed by atoms with Crippen molar-refractivity contribution < 1.29 is 14.6 Å². The maximum Gasteiger partial charge on any atom is 0.407 e. The van der Waals surface area contributed by atoms with Crippen LogP contribution in [0.25, 0.3) is 22.2 Å². The molecule has 0 radical (unpaired) electrons. The summed E-state index contributed by atoms with van der Waals surface area (Å²) >= 11 is 0. The lowest BCUT2D eigenvalue weighted by Crippen LogP contribution is -2.32. The Balaban J connectivity index is 1.77. The second-order valence-electron chi connectivity index (χ2n) is 8.42. The van der Waals surface area contributed by atoms with Crippen LogP contribution >= 0.6 is 0 Å². The van der Waals surface area contributed by atoms with Gasteiger partial charge in [-0.25, -0.2) is 9.78 Å². The van der Waals surface area contributed by atoms with Crippen molar-refractivity contribution in [2.45, 2.75) is 59.2 Å². The van der Waals surface area contributed by atoms with Gasteiger partial charge in [0.05, 0.1) is 0 Å². The third kappa shape index (κ3) is 5.57. The summed E-state index contributed by atoms with van der Waals surface area (Å²) in [7, 11) is 0. The lowest BCUT2D eigenvalue weighted by molar-refractivity contribution is 0.0523. The summed E-state index contributed by atoms with van der Waals surface area (Å²) in [6, 6.07) is 8.19. The first-order valence-corrected chi connectivity index (χ1v) is 10.3. The molecule has 0 fully saturated rings. The molecule has 2 aromatic heterocycles. The van der Waals surface area contributed by atoms with E-state index in [-0.39, 0.29) is 6.61 Å². The Morgan fingerprint density at radius 3 is 2.73 bits per heavy atom. The van der Waals surface area contributed by atoms with Crippen LogP contribution in [0.4, 0.5) is 4.79 Å². The van der Waals surface area contributed by atoms with Gasteiger partial charge in [0.2, 0.25) is 0 Å². The van der Waals surface area contributed by atoms with Crippen LogP contribution in [-0.2, 0) is 17.8 Å². The van der Waals surface area contributed by atoms with Gasteiger partial charge in [-0.15, -0.1) is 0 Å². The molecule has 1 amide bonds. The molecule has 2 heterocycles. The zero-order valence-corrected chi connectivity index (χ0v) is 18.1. The molecule has 160 valence electrons. The number of aliphatic hydroxyl groups excluding tert-OH is 1. The number of alkyl carbamates (subject to hydrolysis) is 1. The number of nitrogens with zero attached hydrogens (tertiary/aromatic N) is 3. The number of pyridine rings is 1. The smallest absolute Gasteiger partial charge is 0.407 e. The number of unbranched alkanes of at least 4 members (excludes halogenated alkanes) is 1. The van der Waals surface area contributed by atoms with E-state index in [0.717, 1.165) is 47.0 Å². The minimum atomic E-state index is -0.516. The van der Waals surface area contributed by atoms with Crippen molar-refractivity contribution in [1.82, 2.24) is 20.1 Å². The molecule has 0 saturated heterocycles. The maximum absolute atomic E-state index is 11.9. The SMILES string of the molecule is Cc1cc(-c2ccnc3nn(CCCCO)cc23)ccc1CNC(=O)OC(C)(C)C. The number of carbonyl (C=O) groups is 1. The normalized spacial score (nSPS) is 11.6. The number of amides is 1. The van der Waals surface area contributed by atoms with Crippen molar-refractivity contribution in [1.29, 1.82) is 0 Å². The van der Waals surface area contributed by atoms with Crippen LogP contribution in [0.15, 0.2) is 36.7 Å². The van der Waals surface area contributed by atoms with Crippen LogP contribution in [0.1, 0.15) is 44.7 Å². The average Bonchev–Trinajstić information content (AvgIpc) is 3.08. The highest BCUT2D eigenvalue weighted by molar-refractivity contribution is 5.92. The summed E-state index contributed by atoms with van der Waals surface area (Å²) in [5, 5.41) is 17.3. The summed E-state index contributed by atoms with van der Waals surface area (Å²) < 4.78 is 7.19. The third-order valence-electron chi connectivity index (χ3n) is 4.74. The first-order chi connectivity index (χ1) is 14.3. The van der Waals surface area contributed by atoms with E-state index < -0.39 is 11.7 Å². The molecule has 0 aliphatic carbocycles. The van der Waals surface area contributed by atoms with E-state index in [2.05, 4.69) is 27.5 Å². The number of nitrogens with one attached hydrogen (secondary N) is 1. The molecule has 0 saturated carbocycles. The molecule has 0 aliphatic heterocycles. The van der Waals surface area contributed by atoms with Crippen LogP contribution < -0.4 is 5.32 Å². The number of aromatic nitrogens is 3. The number of aryl methyl sites for hydroxylation is 2. The average molecular weight is 411 g/mol. The van der Waals surface area contributed by atoms with Gasteiger partial charge in [-0.3, -0.25) is 4.68 Å². The number of fused-ring (bicyclic) bond motifs is 1. The predicted molar refractivity (Wildman–Crippen MR) is 117 cm³/mol. The van der Waals surface area contributed by atoms with Crippen LogP contribution in [-0.4, -0.2) is 38.2 Å². The molecule has 0 unspecified atom stereocenters. The van der Waals surface area contributed by atoms with E-state index in [1.54, 1.807) is 6.20 Å². The number of hydrogen-bond donors (Lipinski definition) is 2. The molecule has 0 aliphatic rings. The van der Waals surface area contributed by atoms with E-state index in [1.165, 1.54) is 0 Å². The topological polar surface area (TPSA) is 89.3 Å². The van der Waals surface area contributed by atoms with E-state index >= 15 is 0 Å². The highest BCUT2D eigenvalue weighted by Crippen LogP contribution is 2.28. The van der Waals surface area contributed by atoms with E-state index in [0.29, 0.717) is 12.2 Å². The van der Waals surface area contributed by atoms with Gasteiger partial charge in [0.15, 0.2) is 5.65 Å². The van der Waals surface area contributed by atoms with Gasteiger partial charge in [0.1, 0.15) is 5.60 Å². The number of rotatable bonds is 7. The second kappa shape index (κ2) is 9.26. The lowest BCUT2D eigenvalue weighted by atomic mass is 9.99. The highest BCUT2D eigenvalue weighted by Gasteiger charge is 2.16. The molecule has 7 nitrogen and oxygen atoms in total. The molecule has 0 atom stereocenters. The molecule has 3 aromatic rings. The second-order valence-corrected chi connectivity index (χ2v) is 8.42. The first kappa shape index (κ1) is 21.8. The Bertz CT molecular complexity index is 1020. The van der Waals surface area contributed by atoms with Crippen molar-refractivity contribution >= 4 is 17.1 Å². The van der Waals surface area contributed by atoms with E-state index in [4.69, 9.17) is 9.84 Å². The lowest BCUT2D eigenvalue weighted by Gasteiger charge is -2.20. The van der Waals surface area contributed by atoms with Crippen molar-refractivity contribution in [2.75, 3.05) is 6.61 Å². The largest absolute Gasteiger partial charge is 0.444 e. The van der Waals surface area contributed by atoms with Gasteiger partial charge in [0, 0.05) is 37.5 Å². The third-order valence-corrected chi connectivity index (χ3v) is 4.74. The summed E-state index contributed by atoms with van der Waals surface area (Å²) in [5.41, 5.74) is 4.47. The zero-order valence-electron chi connectivity index (χ0n) is 18.1. The standard InChI is InChI=1S/C23H30N4O3/c1-16-13-17(7-8-18(16)14-25-22(29)30-23(2,3)4)19-9-10-24-21-20(19)15-27(26-21)11-5-6-12-28/h7-10,13,15,28H,5-6,11-12,14H2,1-4H3,(H,25,29). The number of ether oxygens (including phenoxy) is 1. The monoisotopic (exact) mass is 410 g/mol. The maximum atomic E-state index is 11.9. The predicted octanol–water partition coefficient (Wildman–Crippen LogP) is 4.20. The fraction of sp³-hybridized carbons (Fsp3) is 0.435. The summed E-state index contributed by atoms with van der Waals surface area (Å²) in [4.78, 5) is 16.3. The van der Waals surface area contributed by atoms with Gasteiger partial charge >= 0.3 is 6.09 Å². The fourth-order valence-electron chi connectivity index (χ4n) is 3.26. The van der Waals surface area contributed by atoms with Crippen molar-refractivity contribution in [2.24, 2.45) is 0 Å². The van der Waals surface area contributed by atoms with Gasteiger partial charge in [-0.2, -0.15) is 5.10 Å². The highest BCUT2D eigenvalue weighted by atomic mass is 16.6. The number of aliphatic hydroxyl groups is 1. The minimum absolute atomic E-state index is 0.193. The van der Waals surface area contributed by atoms with Crippen LogP contribution in [0.3, 0.4) is 0 Å². The Morgan fingerprint density at radius 1 is 1.23 bits per heavy atom. The Morgan fingerprint density at radius 2 is 2.03 bits per heavy atom. The van der Waals surface area contributed by atoms with Crippen LogP contribution in [0.5, 0.6) is 0 Å². The Kier molecular flexibility index (Phi) is 6.72. The Labute approximate surface area is 177 Å². The van der Waals surface area contributed by atoms with Crippen molar-refractivity contribution in [3.63, 3.8) is 0 Å². The van der Waals surface area contributed by atoms with Gasteiger partial charge in [-0.1, -0.05) is 18.2 Å². The summed E-state index contributed by atoms with van der Waals surface area (Å²) in [6.45, 7) is 8.93. The molecule has 1 aromatic carbocycles. The van der Waals surface area contributed by atoms with Gasteiger partial charge in [0.25, 0.3) is 0 Å². The van der Waals surface area contributed by atoms with Crippen LogP contribution in [0.2, 0.25) is 0 Å². The molecule has 2 N–H and O–H groups in total. The number of carbonyl (C=O) groups excluding carboxylic acids is 1.